The number of hydrogen-bond donors (Lipinski definition) is 2. The number of aromatic hydroxyl groups is 1. The van der Waals surface area contributed by atoms with Gasteiger partial charge in [-0.05, 0) is 17.7 Å². The average Bonchev–Trinajstić information content (AvgIpc) is 2.35. The van der Waals surface area contributed by atoms with Crippen LogP contribution in [0.1, 0.15) is 11.6 Å². The molecule has 1 aliphatic rings. The van der Waals surface area contributed by atoms with Crippen LogP contribution in [0.25, 0.3) is 0 Å². The van der Waals surface area contributed by atoms with Crippen molar-refractivity contribution < 1.29 is 18.3 Å². The highest BCUT2D eigenvalue weighted by Crippen LogP contribution is 2.30. The van der Waals surface area contributed by atoms with Crippen molar-refractivity contribution in [2.75, 3.05) is 26.2 Å². The molecule has 116 valence electrons. The van der Waals surface area contributed by atoms with Gasteiger partial charge in [-0.15, -0.1) is 24.8 Å². The molecule has 0 amide bonds. The van der Waals surface area contributed by atoms with Crippen LogP contribution in [0.3, 0.4) is 0 Å². The number of halogens is 5. The second-order valence-corrected chi connectivity index (χ2v) is 4.28. The number of hydrogen-bond acceptors (Lipinski definition) is 3. The van der Waals surface area contributed by atoms with Crippen molar-refractivity contribution in [3.8, 4) is 5.75 Å². The number of piperazine rings is 1. The van der Waals surface area contributed by atoms with Crippen LogP contribution >= 0.6 is 24.8 Å². The Labute approximate surface area is 128 Å². The molecule has 1 aliphatic heterocycles. The van der Waals surface area contributed by atoms with Crippen LogP contribution in [0.15, 0.2) is 18.2 Å². The Hall–Kier alpha value is -0.690. The van der Waals surface area contributed by atoms with Crippen LogP contribution in [0.4, 0.5) is 13.2 Å². The minimum Gasteiger partial charge on any atom is -0.505 e. The first kappa shape index (κ1) is 19.3. The molecule has 2 rings (SSSR count). The first-order chi connectivity index (χ1) is 8.59. The van der Waals surface area contributed by atoms with E-state index in [9.17, 15) is 13.2 Å². The van der Waals surface area contributed by atoms with E-state index in [4.69, 9.17) is 5.11 Å². The van der Waals surface area contributed by atoms with Crippen molar-refractivity contribution in [2.45, 2.75) is 12.5 Å². The number of phenolic OH excluding ortho intramolecular Hbond substituents is 1. The van der Waals surface area contributed by atoms with E-state index in [0.29, 0.717) is 26.2 Å². The van der Waals surface area contributed by atoms with E-state index in [1.54, 1.807) is 4.90 Å². The molecule has 1 aromatic carbocycles. The van der Waals surface area contributed by atoms with Gasteiger partial charge in [0, 0.05) is 26.2 Å². The van der Waals surface area contributed by atoms with E-state index >= 15 is 0 Å². The molecule has 0 saturated carbocycles. The van der Waals surface area contributed by atoms with Crippen LogP contribution in [-0.4, -0.2) is 42.6 Å². The predicted octanol–water partition coefficient (Wildman–Crippen LogP) is 2.59. The van der Waals surface area contributed by atoms with Gasteiger partial charge in [0.15, 0.2) is 11.6 Å². The number of rotatable bonds is 3. The maximum absolute atomic E-state index is 13.2. The number of nitrogens with zero attached hydrogens (tertiary/aromatic N) is 1. The minimum atomic E-state index is -2.59. The summed E-state index contributed by atoms with van der Waals surface area (Å²) >= 11 is 0. The zero-order valence-electron chi connectivity index (χ0n) is 10.6. The number of nitrogens with one attached hydrogen (secondary N) is 1. The van der Waals surface area contributed by atoms with Gasteiger partial charge in [0.2, 0.25) is 0 Å². The lowest BCUT2D eigenvalue weighted by molar-refractivity contribution is 0.0180. The molecule has 1 aromatic rings. The summed E-state index contributed by atoms with van der Waals surface area (Å²) in [5, 5.41) is 12.2. The third-order valence-electron chi connectivity index (χ3n) is 3.10. The largest absolute Gasteiger partial charge is 0.505 e. The lowest BCUT2D eigenvalue weighted by atomic mass is 10.0. The number of alkyl halides is 2. The van der Waals surface area contributed by atoms with Gasteiger partial charge < -0.3 is 10.4 Å². The fraction of sp³-hybridized carbons (Fsp3) is 0.500. The smallest absolute Gasteiger partial charge is 0.258 e. The van der Waals surface area contributed by atoms with E-state index in [1.807, 2.05) is 0 Å². The Kier molecular flexibility index (Phi) is 8.27. The normalized spacial score (nSPS) is 17.2. The Balaban J connectivity index is 0.00000180. The first-order valence-corrected chi connectivity index (χ1v) is 5.81. The number of benzene rings is 1. The molecule has 1 fully saturated rings. The summed E-state index contributed by atoms with van der Waals surface area (Å²) in [6.07, 6.45) is -2.59. The fourth-order valence-corrected chi connectivity index (χ4v) is 2.18. The molecule has 3 nitrogen and oxygen atoms in total. The van der Waals surface area contributed by atoms with Gasteiger partial charge in [-0.3, -0.25) is 4.90 Å². The summed E-state index contributed by atoms with van der Waals surface area (Å²) in [6.45, 7) is 2.28. The third-order valence-corrected chi connectivity index (χ3v) is 3.10. The van der Waals surface area contributed by atoms with Crippen LogP contribution in [0, 0.1) is 5.82 Å². The molecule has 20 heavy (non-hydrogen) atoms. The van der Waals surface area contributed by atoms with E-state index < -0.39 is 24.0 Å². The Morgan fingerprint density at radius 3 is 2.25 bits per heavy atom. The first-order valence-electron chi connectivity index (χ1n) is 5.81. The molecular weight excluding hydrogens is 316 g/mol. The molecule has 0 unspecified atom stereocenters. The van der Waals surface area contributed by atoms with Crippen molar-refractivity contribution >= 4 is 24.8 Å². The molecule has 1 heterocycles. The SMILES string of the molecule is Cl.Cl.Oc1ccc([C@H](C(F)F)N2CCNCC2)cc1F. The Morgan fingerprint density at radius 1 is 1.15 bits per heavy atom. The minimum absolute atomic E-state index is 0. The molecule has 8 heteroatoms. The van der Waals surface area contributed by atoms with Crippen molar-refractivity contribution in [2.24, 2.45) is 0 Å². The van der Waals surface area contributed by atoms with Crippen LogP contribution in [-0.2, 0) is 0 Å². The molecule has 0 bridgehead atoms. The second kappa shape index (κ2) is 8.56. The van der Waals surface area contributed by atoms with Gasteiger partial charge in [0.05, 0.1) is 6.04 Å². The van der Waals surface area contributed by atoms with E-state index in [1.165, 1.54) is 6.07 Å². The topological polar surface area (TPSA) is 35.5 Å². The lowest BCUT2D eigenvalue weighted by Gasteiger charge is -2.34. The highest BCUT2D eigenvalue weighted by molar-refractivity contribution is 5.85. The zero-order valence-corrected chi connectivity index (χ0v) is 12.2. The van der Waals surface area contributed by atoms with Crippen LogP contribution in [0.5, 0.6) is 5.75 Å². The van der Waals surface area contributed by atoms with Crippen molar-refractivity contribution in [3.63, 3.8) is 0 Å². The monoisotopic (exact) mass is 332 g/mol. The van der Waals surface area contributed by atoms with Crippen LogP contribution < -0.4 is 5.32 Å². The molecule has 1 saturated heterocycles. The third kappa shape index (κ3) is 4.41. The molecule has 0 radical (unpaired) electrons. The Morgan fingerprint density at radius 2 is 1.75 bits per heavy atom. The quantitative estimate of drug-likeness (QED) is 0.893. The van der Waals surface area contributed by atoms with Gasteiger partial charge in [-0.25, -0.2) is 13.2 Å². The molecule has 1 atom stereocenters. The van der Waals surface area contributed by atoms with Crippen LogP contribution in [0.2, 0.25) is 0 Å². The standard InChI is InChI=1S/C12H15F3N2O.2ClH/c13-9-7-8(1-2-10(9)18)11(12(14)15)17-5-3-16-4-6-17;;/h1-2,7,11-12,16,18H,3-6H2;2*1H/t11-;;/m1../s1. The van der Waals surface area contributed by atoms with Crippen molar-refractivity contribution in [1.29, 1.82) is 0 Å². The Bertz CT molecular complexity index is 418. The molecule has 0 spiro atoms. The summed E-state index contributed by atoms with van der Waals surface area (Å²) in [5.41, 5.74) is 0.196. The number of phenols is 1. The van der Waals surface area contributed by atoms with Gasteiger partial charge in [0.1, 0.15) is 0 Å². The van der Waals surface area contributed by atoms with Gasteiger partial charge >= 0.3 is 0 Å². The molecule has 2 N–H and O–H groups in total. The summed E-state index contributed by atoms with van der Waals surface area (Å²) < 4.78 is 39.6. The summed E-state index contributed by atoms with van der Waals surface area (Å²) in [4.78, 5) is 1.63. The molecular formula is C12H17Cl2F3N2O. The van der Waals surface area contributed by atoms with Gasteiger partial charge in [-0.2, -0.15) is 0 Å². The summed E-state index contributed by atoms with van der Waals surface area (Å²) in [7, 11) is 0. The second-order valence-electron chi connectivity index (χ2n) is 4.28. The lowest BCUT2D eigenvalue weighted by Crippen LogP contribution is -2.46. The van der Waals surface area contributed by atoms with Gasteiger partial charge in [-0.1, -0.05) is 6.07 Å². The van der Waals surface area contributed by atoms with Crippen molar-refractivity contribution in [1.82, 2.24) is 10.2 Å². The zero-order chi connectivity index (χ0) is 13.1. The summed E-state index contributed by atoms with van der Waals surface area (Å²) in [5.74, 6) is -1.39. The highest BCUT2D eigenvalue weighted by atomic mass is 35.5. The van der Waals surface area contributed by atoms with E-state index in [2.05, 4.69) is 5.32 Å². The summed E-state index contributed by atoms with van der Waals surface area (Å²) in [6, 6.07) is 2.32. The predicted molar refractivity (Wildman–Crippen MR) is 75.7 cm³/mol. The average molecular weight is 333 g/mol. The van der Waals surface area contributed by atoms with E-state index in [-0.39, 0.29) is 30.4 Å². The van der Waals surface area contributed by atoms with Crippen molar-refractivity contribution in [3.05, 3.63) is 29.6 Å². The van der Waals surface area contributed by atoms with Gasteiger partial charge in [0.25, 0.3) is 6.43 Å². The molecule has 0 aromatic heterocycles. The fourth-order valence-electron chi connectivity index (χ4n) is 2.18. The maximum atomic E-state index is 13.2. The van der Waals surface area contributed by atoms with E-state index in [0.717, 1.165) is 12.1 Å². The maximum Gasteiger partial charge on any atom is 0.258 e. The highest BCUT2D eigenvalue weighted by Gasteiger charge is 2.30. The molecule has 0 aliphatic carbocycles.